The van der Waals surface area contributed by atoms with Crippen LogP contribution in [-0.2, 0) is 24.6 Å². The number of aromatic amines is 1. The Morgan fingerprint density at radius 1 is 1.19 bits per heavy atom. The van der Waals surface area contributed by atoms with Crippen LogP contribution < -0.4 is 5.73 Å². The van der Waals surface area contributed by atoms with Gasteiger partial charge in [-0.1, -0.05) is 62.7 Å². The number of nitrogens with two attached hydrogens (primary N) is 1. The fourth-order valence-corrected chi connectivity index (χ4v) is 6.27. The number of nitrogens with zero attached hydrogens (tertiary/aromatic N) is 6. The molecule has 0 bridgehead atoms. The first-order valence-corrected chi connectivity index (χ1v) is 15.7. The maximum absolute atomic E-state index is 14.8. The van der Waals surface area contributed by atoms with Gasteiger partial charge in [-0.05, 0) is 40.7 Å². The van der Waals surface area contributed by atoms with Crippen LogP contribution in [0, 0.1) is 11.3 Å². The molecule has 2 aliphatic heterocycles. The third-order valence-corrected chi connectivity index (χ3v) is 8.66. The van der Waals surface area contributed by atoms with Crippen molar-refractivity contribution in [1.82, 2.24) is 29.9 Å². The van der Waals surface area contributed by atoms with Crippen molar-refractivity contribution in [2.75, 3.05) is 19.8 Å². The molecule has 1 fully saturated rings. The van der Waals surface area contributed by atoms with Gasteiger partial charge in [-0.3, -0.25) is 19.6 Å². The van der Waals surface area contributed by atoms with Gasteiger partial charge in [0.1, 0.15) is 12.9 Å². The van der Waals surface area contributed by atoms with Gasteiger partial charge in [-0.15, -0.1) is 0 Å². The monoisotopic (exact) mass is 680 g/mol. The van der Waals surface area contributed by atoms with Crippen LogP contribution in [0.2, 0.25) is 5.02 Å². The normalized spacial score (nSPS) is 19.0. The van der Waals surface area contributed by atoms with Crippen molar-refractivity contribution in [2.45, 2.75) is 51.7 Å². The molecule has 0 saturated carbocycles. The third-order valence-electron chi connectivity index (χ3n) is 8.33. The van der Waals surface area contributed by atoms with Crippen molar-refractivity contribution in [1.29, 1.82) is 0 Å². The molecule has 1 amide bonds. The van der Waals surface area contributed by atoms with Gasteiger partial charge in [0.2, 0.25) is 0 Å². The lowest BCUT2D eigenvalue weighted by Gasteiger charge is -2.35. The van der Waals surface area contributed by atoms with Crippen molar-refractivity contribution in [3.8, 4) is 22.5 Å². The molecular formula is C33H35ClF2N8O4. The summed E-state index contributed by atoms with van der Waals surface area (Å²) in [4.78, 5) is 38.1. The average molecular weight is 681 g/mol. The lowest BCUT2D eigenvalue weighted by Crippen LogP contribution is -2.47. The summed E-state index contributed by atoms with van der Waals surface area (Å²) < 4.78 is 37.8. The number of rotatable bonds is 11. The minimum absolute atomic E-state index is 0.0452. The molecule has 48 heavy (non-hydrogen) atoms. The van der Waals surface area contributed by atoms with E-state index in [0.717, 1.165) is 0 Å². The number of halogens is 3. The number of carbonyl (C=O) groups excluding carboxylic acids is 2. The second-order valence-corrected chi connectivity index (χ2v) is 13.6. The molecule has 4 heterocycles. The molecule has 2 aromatic carbocycles. The first kappa shape index (κ1) is 33.2. The van der Waals surface area contributed by atoms with E-state index >= 15 is 0 Å². The highest BCUT2D eigenvalue weighted by atomic mass is 35.5. The zero-order valence-electron chi connectivity index (χ0n) is 26.6. The number of guanidine groups is 1. The number of benzene rings is 2. The Hall–Kier alpha value is -4.69. The Morgan fingerprint density at radius 3 is 2.54 bits per heavy atom. The Bertz CT molecular complexity index is 1820. The van der Waals surface area contributed by atoms with Crippen LogP contribution in [0.15, 0.2) is 66.2 Å². The van der Waals surface area contributed by atoms with E-state index in [1.165, 1.54) is 23.6 Å². The number of amides is 1. The summed E-state index contributed by atoms with van der Waals surface area (Å²) in [6.45, 7) is 4.00. The summed E-state index contributed by atoms with van der Waals surface area (Å²) in [5.41, 5.74) is 7.62. The van der Waals surface area contributed by atoms with E-state index in [0.29, 0.717) is 56.6 Å². The average Bonchev–Trinajstić information content (AvgIpc) is 3.77. The van der Waals surface area contributed by atoms with E-state index in [4.69, 9.17) is 31.8 Å². The summed E-state index contributed by atoms with van der Waals surface area (Å²) in [7, 11) is 0. The number of hydrogen-bond acceptors (Lipinski definition) is 9. The fraction of sp³-hybridized carbons (Fsp3) is 0.394. The Morgan fingerprint density at radius 2 is 1.94 bits per heavy atom. The van der Waals surface area contributed by atoms with Crippen LogP contribution in [0.1, 0.15) is 57.3 Å². The molecule has 15 heteroatoms. The van der Waals surface area contributed by atoms with Crippen molar-refractivity contribution >= 4 is 29.4 Å². The molecule has 2 aromatic heterocycles. The number of carbonyl (C=O) groups is 2. The maximum atomic E-state index is 14.8. The standard InChI is InChI=1S/C33H35ClF2N8O4/c1-32(2,3)17-33(23-7-4-20(5-8-23)22-12-40-43(13-22)30(35)36)29(46)44(31(37)41-33)26(16-48-27(45)10-19-14-47-15-19)21-6-9-25(34)24(11-21)28-38-18-39-42-28/h4-9,11-13,18-19,26,30H,10,14-17H2,1-3H3,(H2,37,41)(H,38,39,42)/t26-,33-/m1/s1. The van der Waals surface area contributed by atoms with Gasteiger partial charge in [0.15, 0.2) is 17.3 Å². The van der Waals surface area contributed by atoms with E-state index in [1.54, 1.807) is 42.5 Å². The summed E-state index contributed by atoms with van der Waals surface area (Å²) in [5, 5.41) is 10.8. The van der Waals surface area contributed by atoms with E-state index in [2.05, 4.69) is 20.3 Å². The Kier molecular flexibility index (Phi) is 9.05. The molecule has 0 unspecified atom stereocenters. The van der Waals surface area contributed by atoms with Gasteiger partial charge in [0.05, 0.1) is 36.9 Å². The van der Waals surface area contributed by atoms with Crippen LogP contribution in [0.5, 0.6) is 0 Å². The van der Waals surface area contributed by atoms with Crippen molar-refractivity contribution in [2.24, 2.45) is 22.1 Å². The number of aromatic nitrogens is 5. The quantitative estimate of drug-likeness (QED) is 0.197. The molecule has 0 spiro atoms. The van der Waals surface area contributed by atoms with Crippen molar-refractivity contribution in [3.63, 3.8) is 0 Å². The molecule has 2 aliphatic rings. The minimum Gasteiger partial charge on any atom is -0.463 e. The molecule has 4 aromatic rings. The highest BCUT2D eigenvalue weighted by molar-refractivity contribution is 6.33. The summed E-state index contributed by atoms with van der Waals surface area (Å²) in [5.74, 6) is -0.379. The van der Waals surface area contributed by atoms with Crippen LogP contribution >= 0.6 is 11.6 Å². The number of alkyl halides is 2. The maximum Gasteiger partial charge on any atom is 0.333 e. The number of hydrogen-bond donors (Lipinski definition) is 2. The molecule has 3 N–H and O–H groups in total. The fourth-order valence-electron chi connectivity index (χ4n) is 6.06. The summed E-state index contributed by atoms with van der Waals surface area (Å²) in [6, 6.07) is 11.3. The molecule has 2 atom stereocenters. The van der Waals surface area contributed by atoms with E-state index < -0.39 is 30.0 Å². The molecule has 252 valence electrons. The number of esters is 1. The van der Waals surface area contributed by atoms with Crippen LogP contribution in [0.25, 0.3) is 22.5 Å². The zero-order valence-corrected chi connectivity index (χ0v) is 27.3. The van der Waals surface area contributed by atoms with E-state index in [-0.39, 0.29) is 36.7 Å². The predicted molar refractivity (Wildman–Crippen MR) is 173 cm³/mol. The van der Waals surface area contributed by atoms with Crippen molar-refractivity contribution in [3.05, 3.63) is 77.3 Å². The molecule has 0 radical (unpaired) electrons. The zero-order chi connectivity index (χ0) is 34.2. The first-order chi connectivity index (χ1) is 22.8. The van der Waals surface area contributed by atoms with Gasteiger partial charge in [0.25, 0.3) is 5.91 Å². The summed E-state index contributed by atoms with van der Waals surface area (Å²) >= 11 is 6.53. The largest absolute Gasteiger partial charge is 0.463 e. The second kappa shape index (κ2) is 13.1. The predicted octanol–water partition coefficient (Wildman–Crippen LogP) is 5.49. The van der Waals surface area contributed by atoms with E-state index in [9.17, 15) is 18.4 Å². The lowest BCUT2D eigenvalue weighted by atomic mass is 9.75. The number of aliphatic imine (C=N–C) groups is 1. The molecule has 12 nitrogen and oxygen atoms in total. The number of H-pyrrole nitrogens is 1. The van der Waals surface area contributed by atoms with Crippen LogP contribution in [-0.4, -0.2) is 67.5 Å². The molecule has 6 rings (SSSR count). The highest BCUT2D eigenvalue weighted by Crippen LogP contribution is 2.45. The first-order valence-electron chi connectivity index (χ1n) is 15.4. The number of nitrogens with one attached hydrogen (secondary N) is 1. The van der Waals surface area contributed by atoms with Gasteiger partial charge in [0, 0.05) is 23.2 Å². The molecule has 1 saturated heterocycles. The topological polar surface area (TPSA) is 154 Å². The SMILES string of the molecule is CC(C)(C)C[C@]1(c2ccc(-c3cnn(C(F)F)c3)cc2)N=C(N)N([C@H](COC(=O)CC2COC2)c2ccc(Cl)c(-c3ncn[nH]3)c2)C1=O. The van der Waals surface area contributed by atoms with Gasteiger partial charge < -0.3 is 15.2 Å². The third kappa shape index (κ3) is 6.67. The Balaban J connectivity index is 1.37. The van der Waals surface area contributed by atoms with Gasteiger partial charge >= 0.3 is 12.5 Å². The van der Waals surface area contributed by atoms with Crippen LogP contribution in [0.3, 0.4) is 0 Å². The smallest absolute Gasteiger partial charge is 0.333 e. The van der Waals surface area contributed by atoms with Crippen LogP contribution in [0.4, 0.5) is 8.78 Å². The second-order valence-electron chi connectivity index (χ2n) is 13.2. The van der Waals surface area contributed by atoms with Gasteiger partial charge in [-0.2, -0.15) is 19.0 Å². The Labute approximate surface area is 280 Å². The molecule has 0 aliphatic carbocycles. The highest BCUT2D eigenvalue weighted by Gasteiger charge is 2.53. The minimum atomic E-state index is -2.76. The molecular weight excluding hydrogens is 646 g/mol. The lowest BCUT2D eigenvalue weighted by molar-refractivity contribution is -0.152. The van der Waals surface area contributed by atoms with Gasteiger partial charge in [-0.25, -0.2) is 14.7 Å². The van der Waals surface area contributed by atoms with E-state index in [1.807, 2.05) is 20.8 Å². The van der Waals surface area contributed by atoms with Crippen molar-refractivity contribution < 1.29 is 27.8 Å². The number of ether oxygens (including phenoxy) is 2. The summed E-state index contributed by atoms with van der Waals surface area (Å²) in [6.07, 6.45) is 4.44.